The number of hydrogen-bond acceptors (Lipinski definition) is 7. The zero-order valence-electron chi connectivity index (χ0n) is 26.8. The van der Waals surface area contributed by atoms with Crippen molar-refractivity contribution in [3.8, 4) is 0 Å². The molecule has 3 unspecified atom stereocenters. The van der Waals surface area contributed by atoms with E-state index in [-0.39, 0.29) is 6.42 Å². The van der Waals surface area contributed by atoms with Gasteiger partial charge < -0.3 is 30.1 Å². The minimum absolute atomic E-state index is 0.164. The van der Waals surface area contributed by atoms with Crippen LogP contribution in [0.2, 0.25) is 0 Å². The normalized spacial score (nSPS) is 13.8. The van der Waals surface area contributed by atoms with Crippen LogP contribution in [0.5, 0.6) is 0 Å². The Morgan fingerprint density at radius 1 is 0.814 bits per heavy atom. The summed E-state index contributed by atoms with van der Waals surface area (Å²) in [5.41, 5.74) is 0.444. The van der Waals surface area contributed by atoms with Crippen LogP contribution in [0, 0.1) is 6.92 Å². The minimum Gasteiger partial charge on any atom is -0.458 e. The van der Waals surface area contributed by atoms with Crippen molar-refractivity contribution in [1.29, 1.82) is 0 Å². The number of aryl methyl sites for hydroxylation is 1. The number of carbonyl (C=O) groups excluding carboxylic acids is 4. The van der Waals surface area contributed by atoms with Crippen LogP contribution in [-0.4, -0.2) is 69.8 Å². The summed E-state index contributed by atoms with van der Waals surface area (Å²) in [6.45, 7) is 14.8. The Labute approximate surface area is 255 Å². The molecule has 0 bridgehead atoms. The third-order valence-corrected chi connectivity index (χ3v) is 6.28. The van der Waals surface area contributed by atoms with E-state index in [1.807, 2.05) is 49.4 Å². The van der Waals surface area contributed by atoms with Gasteiger partial charge in [0.2, 0.25) is 11.8 Å². The van der Waals surface area contributed by atoms with Crippen LogP contribution in [0.4, 0.5) is 4.79 Å². The molecule has 3 N–H and O–H groups in total. The molecule has 0 spiro atoms. The van der Waals surface area contributed by atoms with E-state index >= 15 is 0 Å². The highest BCUT2D eigenvalue weighted by Gasteiger charge is 2.40. The van der Waals surface area contributed by atoms with Gasteiger partial charge in [-0.15, -0.1) is 0 Å². The lowest BCUT2D eigenvalue weighted by Crippen LogP contribution is -2.57. The molecule has 0 fully saturated rings. The zero-order valence-corrected chi connectivity index (χ0v) is 26.8. The van der Waals surface area contributed by atoms with Gasteiger partial charge in [-0.2, -0.15) is 0 Å². The van der Waals surface area contributed by atoms with Crippen molar-refractivity contribution in [1.82, 2.24) is 15.5 Å². The Kier molecular flexibility index (Phi) is 12.3. The summed E-state index contributed by atoms with van der Waals surface area (Å²) in [6, 6.07) is 12.1. The highest BCUT2D eigenvalue weighted by Crippen LogP contribution is 2.28. The molecule has 236 valence electrons. The van der Waals surface area contributed by atoms with Gasteiger partial charge in [-0.3, -0.25) is 9.59 Å². The molecule has 0 radical (unpaired) electrons. The molecule has 43 heavy (non-hydrogen) atoms. The number of hydrogen-bond donors (Lipinski definition) is 3. The van der Waals surface area contributed by atoms with Gasteiger partial charge in [0.1, 0.15) is 29.3 Å². The van der Waals surface area contributed by atoms with E-state index in [2.05, 4.69) is 10.6 Å². The molecule has 2 rings (SSSR count). The van der Waals surface area contributed by atoms with Crippen molar-refractivity contribution >= 4 is 23.9 Å². The molecular formula is C33H47N3O7. The summed E-state index contributed by atoms with van der Waals surface area (Å²) in [4.78, 5) is 55.4. The van der Waals surface area contributed by atoms with E-state index in [9.17, 15) is 24.3 Å². The molecule has 10 nitrogen and oxygen atoms in total. The number of aliphatic hydroxyl groups excluding tert-OH is 1. The average Bonchev–Trinajstić information content (AvgIpc) is 2.88. The number of alkyl carbamates (subject to hydrolysis) is 1. The van der Waals surface area contributed by atoms with Crippen molar-refractivity contribution in [2.45, 2.75) is 104 Å². The molecule has 0 aromatic heterocycles. The van der Waals surface area contributed by atoms with E-state index in [0.29, 0.717) is 5.56 Å². The smallest absolute Gasteiger partial charge is 0.408 e. The van der Waals surface area contributed by atoms with Crippen LogP contribution < -0.4 is 10.6 Å². The van der Waals surface area contributed by atoms with Gasteiger partial charge in [-0.1, -0.05) is 54.6 Å². The molecule has 3 atom stereocenters. The highest BCUT2D eigenvalue weighted by molar-refractivity contribution is 5.94. The summed E-state index contributed by atoms with van der Waals surface area (Å²) in [5.74, 6) is -1.92. The molecule has 0 heterocycles. The second-order valence-corrected chi connectivity index (χ2v) is 12.8. The first kappa shape index (κ1) is 35.3. The van der Waals surface area contributed by atoms with Crippen LogP contribution in [-0.2, 0) is 30.3 Å². The van der Waals surface area contributed by atoms with Gasteiger partial charge in [0, 0.05) is 12.5 Å². The second kappa shape index (κ2) is 15.0. The molecule has 0 saturated heterocycles. The standard InChI is InChI=1S/C33H47N3O7/c1-21(2)36(29(39)26(20-37)35-31(41)43-33(7,8)9)27(24-18-14-13-15-22(24)3)28(38)34-25(30(40)42-32(4,5)6)19-23-16-11-10-12-17-23/h10-18,21,25-27,37H,19-20H2,1-9H3,(H,34,38)(H,35,41). The first-order valence-electron chi connectivity index (χ1n) is 14.5. The minimum atomic E-state index is -1.39. The van der Waals surface area contributed by atoms with Gasteiger partial charge >= 0.3 is 12.1 Å². The van der Waals surface area contributed by atoms with Gasteiger partial charge in [0.15, 0.2) is 0 Å². The average molecular weight is 598 g/mol. The number of rotatable bonds is 11. The van der Waals surface area contributed by atoms with Crippen molar-refractivity contribution in [2.24, 2.45) is 0 Å². The molecule has 3 amide bonds. The summed E-state index contributed by atoms with van der Waals surface area (Å²) in [5, 5.41) is 15.4. The molecule has 2 aromatic carbocycles. The van der Waals surface area contributed by atoms with Crippen LogP contribution in [0.1, 0.15) is 78.1 Å². The molecule has 0 aliphatic rings. The number of nitrogens with one attached hydrogen (secondary N) is 2. The number of amides is 3. The van der Waals surface area contributed by atoms with Crippen molar-refractivity contribution < 1.29 is 33.8 Å². The molecule has 0 saturated carbocycles. The maximum absolute atomic E-state index is 14.3. The van der Waals surface area contributed by atoms with E-state index in [0.717, 1.165) is 11.1 Å². The van der Waals surface area contributed by atoms with Crippen molar-refractivity contribution in [3.05, 3.63) is 71.3 Å². The lowest BCUT2D eigenvalue weighted by atomic mass is 9.96. The van der Waals surface area contributed by atoms with E-state index in [1.54, 1.807) is 67.5 Å². The Hall–Kier alpha value is -3.92. The van der Waals surface area contributed by atoms with Crippen LogP contribution in [0.25, 0.3) is 0 Å². The Balaban J connectivity index is 2.55. The maximum atomic E-state index is 14.3. The van der Waals surface area contributed by atoms with E-state index < -0.39 is 65.9 Å². The van der Waals surface area contributed by atoms with E-state index in [4.69, 9.17) is 9.47 Å². The zero-order chi connectivity index (χ0) is 32.5. The Morgan fingerprint density at radius 3 is 1.88 bits per heavy atom. The third kappa shape index (κ3) is 11.0. The first-order valence-corrected chi connectivity index (χ1v) is 14.5. The van der Waals surface area contributed by atoms with Gasteiger partial charge in [0.05, 0.1) is 6.61 Å². The summed E-state index contributed by atoms with van der Waals surface area (Å²) >= 11 is 0. The maximum Gasteiger partial charge on any atom is 0.408 e. The number of esters is 1. The van der Waals surface area contributed by atoms with Crippen molar-refractivity contribution in [2.75, 3.05) is 6.61 Å². The number of ether oxygens (including phenoxy) is 2. The lowest BCUT2D eigenvalue weighted by Gasteiger charge is -2.38. The fourth-order valence-corrected chi connectivity index (χ4v) is 4.47. The number of aliphatic hydroxyl groups is 1. The SMILES string of the molecule is Cc1ccccc1C(C(=O)NC(Cc1ccccc1)C(=O)OC(C)(C)C)N(C(=O)C(CO)NC(=O)OC(C)(C)C)C(C)C. The highest BCUT2D eigenvalue weighted by atomic mass is 16.6. The fourth-order valence-electron chi connectivity index (χ4n) is 4.47. The third-order valence-electron chi connectivity index (χ3n) is 6.28. The van der Waals surface area contributed by atoms with Crippen LogP contribution >= 0.6 is 0 Å². The quantitative estimate of drug-likeness (QED) is 0.330. The first-order chi connectivity index (χ1) is 19.9. The second-order valence-electron chi connectivity index (χ2n) is 12.8. The predicted octanol–water partition coefficient (Wildman–Crippen LogP) is 4.23. The van der Waals surface area contributed by atoms with Gasteiger partial charge in [0.25, 0.3) is 0 Å². The molecule has 2 aromatic rings. The Bertz CT molecular complexity index is 1250. The number of benzene rings is 2. The predicted molar refractivity (Wildman–Crippen MR) is 164 cm³/mol. The summed E-state index contributed by atoms with van der Waals surface area (Å²) in [6.07, 6.45) is -0.717. The molecule has 0 aliphatic carbocycles. The molecular weight excluding hydrogens is 550 g/mol. The van der Waals surface area contributed by atoms with Crippen LogP contribution in [0.15, 0.2) is 54.6 Å². The Morgan fingerprint density at radius 2 is 1.37 bits per heavy atom. The topological polar surface area (TPSA) is 134 Å². The molecule has 10 heteroatoms. The van der Waals surface area contributed by atoms with Crippen molar-refractivity contribution in [3.63, 3.8) is 0 Å². The van der Waals surface area contributed by atoms with Gasteiger partial charge in [-0.25, -0.2) is 9.59 Å². The molecule has 0 aliphatic heterocycles. The summed E-state index contributed by atoms with van der Waals surface area (Å²) in [7, 11) is 0. The summed E-state index contributed by atoms with van der Waals surface area (Å²) < 4.78 is 10.9. The lowest BCUT2D eigenvalue weighted by molar-refractivity contribution is -0.159. The number of nitrogens with zero attached hydrogens (tertiary/aromatic N) is 1. The largest absolute Gasteiger partial charge is 0.458 e. The number of carbonyl (C=O) groups is 4. The monoisotopic (exact) mass is 597 g/mol. The van der Waals surface area contributed by atoms with Gasteiger partial charge in [-0.05, 0) is 79.0 Å². The fraction of sp³-hybridized carbons (Fsp3) is 0.515. The van der Waals surface area contributed by atoms with Crippen LogP contribution in [0.3, 0.4) is 0 Å². The van der Waals surface area contributed by atoms with E-state index in [1.165, 1.54) is 4.90 Å².